The first-order valence-corrected chi connectivity index (χ1v) is 20.9. The average molecular weight is 796 g/mol. The molecule has 3 aromatic rings. The number of rotatable bonds is 16. The molecule has 1 aromatic heterocycles. The van der Waals surface area contributed by atoms with Gasteiger partial charge in [-0.05, 0) is 86.9 Å². The van der Waals surface area contributed by atoms with Crippen LogP contribution < -0.4 is 16.0 Å². The van der Waals surface area contributed by atoms with E-state index in [4.69, 9.17) is 14.2 Å². The molecule has 0 bridgehead atoms. The van der Waals surface area contributed by atoms with E-state index in [1.165, 1.54) is 21.7 Å². The number of amides is 1. The fourth-order valence-electron chi connectivity index (χ4n) is 6.70. The minimum atomic E-state index is -4.17. The number of ether oxygens (including phenoxy) is 3. The molecule has 2 aromatic carbocycles. The first kappa shape index (κ1) is 42.2. The Balaban J connectivity index is 1.33. The highest BCUT2D eigenvalue weighted by atomic mass is 32.2. The topological polar surface area (TPSA) is 151 Å². The zero-order chi connectivity index (χ0) is 39.4. The minimum absolute atomic E-state index is 0.0235. The van der Waals surface area contributed by atoms with Crippen LogP contribution in [0.4, 0.5) is 18.7 Å². The Bertz CT molecular complexity index is 1820. The van der Waals surface area contributed by atoms with Gasteiger partial charge in [0.2, 0.25) is 10.0 Å². The van der Waals surface area contributed by atoms with E-state index in [0.717, 1.165) is 31.2 Å². The second-order valence-electron chi connectivity index (χ2n) is 16.3. The number of alkyl carbamates (subject to hydrolysis) is 1. The average Bonchev–Trinajstić information content (AvgIpc) is 3.64. The quantitative estimate of drug-likeness (QED) is 0.138. The number of carbonyl (C=O) groups is 1. The van der Waals surface area contributed by atoms with Crippen LogP contribution >= 0.6 is 11.3 Å². The molecule has 0 aliphatic carbocycles. The Morgan fingerprint density at radius 1 is 1.07 bits per heavy atom. The number of anilines is 1. The Kier molecular flexibility index (Phi) is 13.9. The first-order chi connectivity index (χ1) is 25.4. The lowest BCUT2D eigenvalue weighted by Gasteiger charge is -2.34. The Morgan fingerprint density at radius 2 is 1.78 bits per heavy atom. The molecule has 300 valence electrons. The number of benzene rings is 2. The molecule has 12 nitrogen and oxygen atoms in total. The molecule has 2 saturated heterocycles. The number of fused-ring (bicyclic) bond motifs is 2. The van der Waals surface area contributed by atoms with E-state index in [1.54, 1.807) is 12.1 Å². The number of carbonyl (C=O) groups excluding carboxylic acids is 1. The van der Waals surface area contributed by atoms with E-state index in [9.17, 15) is 27.1 Å². The zero-order valence-corrected chi connectivity index (χ0v) is 33.7. The van der Waals surface area contributed by atoms with Gasteiger partial charge in [0.15, 0.2) is 11.4 Å². The summed E-state index contributed by atoms with van der Waals surface area (Å²) < 4.78 is 76.3. The van der Waals surface area contributed by atoms with E-state index in [1.807, 2.05) is 27.7 Å². The van der Waals surface area contributed by atoms with Crippen molar-refractivity contribution in [1.82, 2.24) is 19.9 Å². The van der Waals surface area contributed by atoms with Gasteiger partial charge in [0.05, 0.1) is 46.4 Å². The number of aliphatic hydroxyl groups excluding tert-OH is 1. The number of sulfonamides is 1. The number of thiazole rings is 1. The number of nitrogens with zero attached hydrogens (tertiary/aromatic N) is 2. The Hall–Kier alpha value is -2.99. The van der Waals surface area contributed by atoms with Crippen LogP contribution in [-0.2, 0) is 30.7 Å². The van der Waals surface area contributed by atoms with Gasteiger partial charge in [-0.2, -0.15) is 4.31 Å². The zero-order valence-electron chi connectivity index (χ0n) is 32.1. The van der Waals surface area contributed by atoms with E-state index < -0.39 is 58.8 Å². The molecule has 2 aliphatic heterocycles. The molecule has 2 aliphatic rings. The maximum Gasteiger partial charge on any atom is 0.407 e. The van der Waals surface area contributed by atoms with Crippen LogP contribution in [0.3, 0.4) is 0 Å². The summed E-state index contributed by atoms with van der Waals surface area (Å²) in [6.07, 6.45) is -2.15. The third-order valence-corrected chi connectivity index (χ3v) is 12.1. The SMILES string of the molecule is CC(C)CN(C[C@@H](O)[C@H](Cc1cc(F)cc(F)c1)NC(=O)OC1CO[C@H]2OC[C@H](NCCC(C)(C)C)CC12)S(=O)(=O)c1ccc2nc(NC(C)C)sc2c1. The number of hydrogen-bond donors (Lipinski definition) is 4. The fourth-order valence-corrected chi connectivity index (χ4v) is 9.47. The Morgan fingerprint density at radius 3 is 2.44 bits per heavy atom. The third-order valence-electron chi connectivity index (χ3n) is 9.35. The molecular formula is C38H55F2N5O7S2. The highest BCUT2D eigenvalue weighted by Crippen LogP contribution is 2.34. The van der Waals surface area contributed by atoms with Gasteiger partial charge in [0, 0.05) is 31.2 Å². The number of aliphatic hydroxyl groups is 1. The van der Waals surface area contributed by atoms with Gasteiger partial charge in [0.25, 0.3) is 0 Å². The summed E-state index contributed by atoms with van der Waals surface area (Å²) in [5.41, 5.74) is 0.977. The lowest BCUT2D eigenvalue weighted by atomic mass is 9.91. The van der Waals surface area contributed by atoms with Crippen molar-refractivity contribution in [3.8, 4) is 0 Å². The van der Waals surface area contributed by atoms with Gasteiger partial charge >= 0.3 is 6.09 Å². The molecule has 3 heterocycles. The van der Waals surface area contributed by atoms with E-state index in [-0.39, 0.29) is 59.4 Å². The van der Waals surface area contributed by atoms with Gasteiger partial charge in [-0.3, -0.25) is 0 Å². The summed E-state index contributed by atoms with van der Waals surface area (Å²) in [7, 11) is -4.17. The van der Waals surface area contributed by atoms with Crippen molar-refractivity contribution in [1.29, 1.82) is 0 Å². The maximum absolute atomic E-state index is 14.3. The normalized spacial score (nSPS) is 21.8. The van der Waals surface area contributed by atoms with Crippen molar-refractivity contribution in [2.75, 3.05) is 38.2 Å². The molecule has 1 amide bonds. The van der Waals surface area contributed by atoms with E-state index in [0.29, 0.717) is 28.4 Å². The smallest absolute Gasteiger partial charge is 0.407 e. The summed E-state index contributed by atoms with van der Waals surface area (Å²) in [5.74, 6) is -2.02. The van der Waals surface area contributed by atoms with Gasteiger partial charge in [0.1, 0.15) is 17.7 Å². The van der Waals surface area contributed by atoms with Crippen LogP contribution in [0.1, 0.15) is 66.9 Å². The number of hydrogen-bond acceptors (Lipinski definition) is 11. The molecule has 54 heavy (non-hydrogen) atoms. The fraction of sp³-hybridized carbons (Fsp3) is 0.632. The summed E-state index contributed by atoms with van der Waals surface area (Å²) in [6.45, 7) is 15.2. The second-order valence-corrected chi connectivity index (χ2v) is 19.3. The molecule has 6 atom stereocenters. The second kappa shape index (κ2) is 17.9. The molecule has 0 radical (unpaired) electrons. The van der Waals surface area contributed by atoms with Crippen LogP contribution in [0.2, 0.25) is 0 Å². The molecule has 0 saturated carbocycles. The largest absolute Gasteiger partial charge is 0.443 e. The molecule has 4 N–H and O–H groups in total. The summed E-state index contributed by atoms with van der Waals surface area (Å²) in [6, 6.07) is 6.62. The summed E-state index contributed by atoms with van der Waals surface area (Å²) in [5, 5.41) is 21.8. The van der Waals surface area contributed by atoms with Gasteiger partial charge in [-0.25, -0.2) is 27.0 Å². The van der Waals surface area contributed by atoms with Gasteiger partial charge in [-0.15, -0.1) is 0 Å². The Labute approximate surface area is 321 Å². The predicted molar refractivity (Wildman–Crippen MR) is 205 cm³/mol. The molecule has 0 spiro atoms. The van der Waals surface area contributed by atoms with Crippen molar-refractivity contribution in [2.45, 2.75) is 109 Å². The molecule has 2 unspecified atom stereocenters. The highest BCUT2D eigenvalue weighted by Gasteiger charge is 2.45. The lowest BCUT2D eigenvalue weighted by Crippen LogP contribution is -2.52. The number of halogens is 2. The minimum Gasteiger partial charge on any atom is -0.443 e. The number of nitrogens with one attached hydrogen (secondary N) is 3. The third kappa shape index (κ3) is 11.5. The van der Waals surface area contributed by atoms with Crippen LogP contribution in [0, 0.1) is 28.9 Å². The van der Waals surface area contributed by atoms with Crippen molar-refractivity contribution >= 4 is 42.8 Å². The molecule has 2 fully saturated rings. The van der Waals surface area contributed by atoms with Gasteiger partial charge in [-0.1, -0.05) is 46.0 Å². The standard InChI is InChI=1S/C38H55F2N5O7S2/c1-22(2)18-45(54(48,49)28-8-9-30-34(17-28)53-36(43-30)42-23(3)4)19-32(46)31(14-24-12-25(39)15-26(40)13-24)44-37(47)52-33-21-51-35-29(33)16-27(20-50-35)41-11-10-38(5,6)7/h8-9,12-13,15,17,22-23,27,29,31-33,35,41,46H,10-11,14,16,18-21H2,1-7H3,(H,42,43)(H,44,47)/t27-,29?,31+,32-,33?,35-/m1/s1. The summed E-state index contributed by atoms with van der Waals surface area (Å²) >= 11 is 1.34. The van der Waals surface area contributed by atoms with Crippen molar-refractivity contribution < 1.29 is 41.3 Å². The monoisotopic (exact) mass is 795 g/mol. The van der Waals surface area contributed by atoms with Crippen molar-refractivity contribution in [3.05, 3.63) is 53.6 Å². The van der Waals surface area contributed by atoms with E-state index >= 15 is 0 Å². The maximum atomic E-state index is 14.3. The van der Waals surface area contributed by atoms with E-state index in [2.05, 4.69) is 41.7 Å². The molecule has 16 heteroatoms. The van der Waals surface area contributed by atoms with Crippen molar-refractivity contribution in [2.24, 2.45) is 17.3 Å². The molecular weight excluding hydrogens is 741 g/mol. The first-order valence-electron chi connectivity index (χ1n) is 18.6. The lowest BCUT2D eigenvalue weighted by molar-refractivity contribution is -0.160. The van der Waals surface area contributed by atoms with Crippen LogP contribution in [0.15, 0.2) is 41.3 Å². The summed E-state index contributed by atoms with van der Waals surface area (Å²) in [4.78, 5) is 18.1. The molecule has 5 rings (SSSR count). The highest BCUT2D eigenvalue weighted by molar-refractivity contribution is 7.89. The van der Waals surface area contributed by atoms with Crippen LogP contribution in [-0.4, -0.2) is 98.4 Å². The van der Waals surface area contributed by atoms with Crippen LogP contribution in [0.5, 0.6) is 0 Å². The van der Waals surface area contributed by atoms with Crippen LogP contribution in [0.25, 0.3) is 10.2 Å². The predicted octanol–water partition coefficient (Wildman–Crippen LogP) is 5.90. The van der Waals surface area contributed by atoms with Gasteiger partial charge < -0.3 is 35.3 Å². The van der Waals surface area contributed by atoms with Crippen molar-refractivity contribution in [3.63, 3.8) is 0 Å². The number of aromatic nitrogens is 1.